The number of ketones is 1. The quantitative estimate of drug-likeness (QED) is 0.185. The van der Waals surface area contributed by atoms with Gasteiger partial charge in [-0.3, -0.25) is 4.79 Å². The Kier molecular flexibility index (Phi) is 7.90. The first kappa shape index (κ1) is 36.3. The Bertz CT molecular complexity index is 2180. The lowest BCUT2D eigenvalue weighted by Crippen LogP contribution is -2.67. The van der Waals surface area contributed by atoms with E-state index in [2.05, 4.69) is 38.1 Å². The average molecular weight is 766 g/mol. The van der Waals surface area contributed by atoms with Crippen molar-refractivity contribution in [3.8, 4) is 5.75 Å². The second-order valence-corrected chi connectivity index (χ2v) is 21.2. The van der Waals surface area contributed by atoms with Crippen molar-refractivity contribution in [2.24, 2.45) is 56.7 Å². The van der Waals surface area contributed by atoms with Gasteiger partial charge in [-0.25, -0.2) is 4.79 Å². The molecule has 6 nitrogen and oxygen atoms in total. The third kappa shape index (κ3) is 5.14. The number of carbonyl (C=O) groups is 2. The molecule has 10 aliphatic carbocycles. The van der Waals surface area contributed by atoms with Gasteiger partial charge in [-0.05, 0) is 147 Å². The number of aliphatic hydroxyl groups excluding tert-OH is 1. The summed E-state index contributed by atoms with van der Waals surface area (Å²) in [6.45, 7) is 5.58. The highest BCUT2D eigenvalue weighted by atomic mass is 16.6. The number of rotatable bonds is 7. The summed E-state index contributed by atoms with van der Waals surface area (Å²) in [5.41, 5.74) is -1.08. The summed E-state index contributed by atoms with van der Waals surface area (Å²) in [5, 5.41) is 26.7. The van der Waals surface area contributed by atoms with Gasteiger partial charge < -0.3 is 19.8 Å². The minimum atomic E-state index is -1.16. The molecule has 298 valence electrons. The molecule has 1 unspecified atom stereocenters. The molecular weight excluding hydrogens is 707 g/mol. The van der Waals surface area contributed by atoms with Crippen molar-refractivity contribution in [3.05, 3.63) is 102 Å². The SMILES string of the molecule is C[C@]12CC[C@H]3[C@]4(C=C[C@@]5(C=C4C(=O)c4ccccc4)CC(O)CC[C@]35C)[C@@H]1CC[C@@]2(O)CN(CC12CC3CC(CC(C3)C1)C2)C(=O)Oc1ccc2ccccc2c1. The van der Waals surface area contributed by atoms with Crippen LogP contribution in [0, 0.1) is 56.7 Å². The number of fused-ring (bicyclic) bond motifs is 2. The van der Waals surface area contributed by atoms with E-state index in [1.54, 1.807) is 0 Å². The number of hydrogen-bond acceptors (Lipinski definition) is 5. The van der Waals surface area contributed by atoms with Crippen molar-refractivity contribution in [1.82, 2.24) is 4.90 Å². The van der Waals surface area contributed by atoms with Crippen LogP contribution in [0.1, 0.15) is 108 Å². The van der Waals surface area contributed by atoms with Crippen LogP contribution in [-0.2, 0) is 0 Å². The van der Waals surface area contributed by atoms with Crippen molar-refractivity contribution in [3.63, 3.8) is 0 Å². The summed E-state index contributed by atoms with van der Waals surface area (Å²) in [4.78, 5) is 31.6. The largest absolute Gasteiger partial charge is 0.415 e. The van der Waals surface area contributed by atoms with Gasteiger partial charge in [0.2, 0.25) is 0 Å². The maximum atomic E-state index is 14.9. The zero-order chi connectivity index (χ0) is 39.0. The van der Waals surface area contributed by atoms with E-state index < -0.39 is 22.5 Å². The molecule has 3 aromatic carbocycles. The third-order valence-electron chi connectivity index (χ3n) is 18.3. The zero-order valence-corrected chi connectivity index (χ0v) is 33.8. The van der Waals surface area contributed by atoms with Crippen LogP contribution in [0.15, 0.2) is 96.6 Å². The summed E-state index contributed by atoms with van der Waals surface area (Å²) in [7, 11) is 0. The van der Waals surface area contributed by atoms with Crippen LogP contribution >= 0.6 is 0 Å². The molecule has 0 heterocycles. The van der Waals surface area contributed by atoms with E-state index in [9.17, 15) is 19.8 Å². The fraction of sp³-hybridized carbons (Fsp3) is 0.569. The predicted molar refractivity (Wildman–Crippen MR) is 221 cm³/mol. The van der Waals surface area contributed by atoms with Crippen LogP contribution in [-0.4, -0.2) is 51.8 Å². The van der Waals surface area contributed by atoms with Crippen LogP contribution < -0.4 is 4.74 Å². The molecule has 8 atom stereocenters. The number of Topliss-reactive ketones (excluding diaryl/α,β-unsaturated/α-hetero) is 1. The summed E-state index contributed by atoms with van der Waals surface area (Å²) in [6, 6.07) is 23.7. The van der Waals surface area contributed by atoms with E-state index >= 15 is 0 Å². The lowest BCUT2D eigenvalue weighted by atomic mass is 9.32. The Morgan fingerprint density at radius 3 is 2.12 bits per heavy atom. The molecule has 7 saturated carbocycles. The molecule has 2 N–H and O–H groups in total. The molecule has 0 radical (unpaired) electrons. The van der Waals surface area contributed by atoms with E-state index in [1.807, 2.05) is 71.6 Å². The number of ether oxygens (including phenoxy) is 1. The second kappa shape index (κ2) is 12.4. The summed E-state index contributed by atoms with van der Waals surface area (Å²) < 4.78 is 6.32. The summed E-state index contributed by atoms with van der Waals surface area (Å²) >= 11 is 0. The minimum Gasteiger partial charge on any atom is -0.410 e. The Morgan fingerprint density at radius 2 is 1.39 bits per heavy atom. The van der Waals surface area contributed by atoms with Gasteiger partial charge in [-0.1, -0.05) is 92.7 Å². The van der Waals surface area contributed by atoms with Crippen LogP contribution in [0.4, 0.5) is 4.79 Å². The van der Waals surface area contributed by atoms with Gasteiger partial charge in [0.25, 0.3) is 0 Å². The van der Waals surface area contributed by atoms with Gasteiger partial charge in [0.1, 0.15) is 5.75 Å². The number of allylic oxidation sites excluding steroid dienone is 4. The molecule has 6 heteroatoms. The Morgan fingerprint density at radius 1 is 0.737 bits per heavy atom. The minimum absolute atomic E-state index is 0.0174. The van der Waals surface area contributed by atoms with Crippen LogP contribution in [0.5, 0.6) is 5.75 Å². The van der Waals surface area contributed by atoms with Crippen molar-refractivity contribution in [2.45, 2.75) is 109 Å². The molecule has 0 aliphatic heterocycles. The Balaban J connectivity index is 0.968. The lowest BCUT2D eigenvalue weighted by Gasteiger charge is -2.71. The van der Waals surface area contributed by atoms with Gasteiger partial charge in [0, 0.05) is 33.9 Å². The molecule has 7 fully saturated rings. The fourth-order valence-corrected chi connectivity index (χ4v) is 16.1. The maximum Gasteiger partial charge on any atom is 0.415 e. The second-order valence-electron chi connectivity index (χ2n) is 21.2. The standard InChI is InChI=1S/C51H59NO5/c1-46-17-14-39(53)29-49(46)20-21-51(41(30-49)44(54)37-9-4-3-5-10-37)42(46)15-18-47(2)43(51)16-19-50(47,56)32-52(31-48-26-33-22-34(27-48)24-35(23-33)28-48)45(55)57-40-13-12-36-8-6-7-11-38(36)25-40/h3-13,20-21,25,30,33-35,39,42-43,53,56H,14-19,22-24,26-29,31-32H2,1-2H3/t33?,34?,35?,39?,42-,43-,46-,47+,48?,49+,50-,51-/m1/s1. The molecule has 0 aromatic heterocycles. The number of carbonyl (C=O) groups excluding carboxylic acids is 2. The van der Waals surface area contributed by atoms with Crippen LogP contribution in [0.25, 0.3) is 10.8 Å². The van der Waals surface area contributed by atoms with E-state index in [0.717, 1.165) is 66.2 Å². The zero-order valence-electron chi connectivity index (χ0n) is 33.8. The van der Waals surface area contributed by atoms with Gasteiger partial charge in [0.15, 0.2) is 5.78 Å². The van der Waals surface area contributed by atoms with Crippen molar-refractivity contribution in [2.75, 3.05) is 13.1 Å². The van der Waals surface area contributed by atoms with Gasteiger partial charge in [-0.2, -0.15) is 0 Å². The molecule has 2 spiro atoms. The topological polar surface area (TPSA) is 87.1 Å². The summed E-state index contributed by atoms with van der Waals surface area (Å²) in [5.74, 6) is 3.08. The highest BCUT2D eigenvalue weighted by Gasteiger charge is 2.74. The first-order valence-corrected chi connectivity index (χ1v) is 22.3. The van der Waals surface area contributed by atoms with Crippen molar-refractivity contribution in [1.29, 1.82) is 0 Å². The van der Waals surface area contributed by atoms with Crippen molar-refractivity contribution < 1.29 is 24.5 Å². The normalized spacial score (nSPS) is 43.3. The maximum absolute atomic E-state index is 14.9. The van der Waals surface area contributed by atoms with E-state index in [4.69, 9.17) is 4.74 Å². The van der Waals surface area contributed by atoms with E-state index in [1.165, 1.54) is 38.5 Å². The number of hydrogen-bond donors (Lipinski definition) is 2. The highest BCUT2D eigenvalue weighted by Crippen LogP contribution is 2.78. The average Bonchev–Trinajstić information content (AvgIpc) is 3.46. The molecule has 57 heavy (non-hydrogen) atoms. The fourth-order valence-electron chi connectivity index (χ4n) is 16.1. The first-order chi connectivity index (χ1) is 27.4. The van der Waals surface area contributed by atoms with E-state index in [0.29, 0.717) is 30.7 Å². The van der Waals surface area contributed by atoms with Gasteiger partial charge in [0.05, 0.1) is 18.2 Å². The number of aliphatic hydroxyl groups is 2. The van der Waals surface area contributed by atoms with Gasteiger partial charge in [-0.15, -0.1) is 0 Å². The number of benzene rings is 3. The molecule has 1 amide bonds. The van der Waals surface area contributed by atoms with Gasteiger partial charge >= 0.3 is 6.09 Å². The third-order valence-corrected chi connectivity index (χ3v) is 18.3. The monoisotopic (exact) mass is 765 g/mol. The molecule has 0 saturated heterocycles. The molecule has 3 aromatic rings. The molecule has 13 rings (SSSR count). The Labute approximate surface area is 337 Å². The van der Waals surface area contributed by atoms with Crippen LogP contribution in [0.3, 0.4) is 0 Å². The number of nitrogens with zero attached hydrogens (tertiary/aromatic N) is 1. The smallest absolute Gasteiger partial charge is 0.410 e. The number of amides is 1. The molecule has 6 bridgehead atoms. The predicted octanol–water partition coefficient (Wildman–Crippen LogP) is 10.3. The highest BCUT2D eigenvalue weighted by molar-refractivity contribution is 6.10. The molecule has 10 aliphatic rings. The molecular formula is C51H59NO5. The Hall–Kier alpha value is -3.74. The first-order valence-electron chi connectivity index (χ1n) is 22.3. The van der Waals surface area contributed by atoms with Crippen LogP contribution in [0.2, 0.25) is 0 Å². The summed E-state index contributed by atoms with van der Waals surface area (Å²) in [6.07, 6.45) is 19.2. The van der Waals surface area contributed by atoms with Crippen molar-refractivity contribution >= 4 is 22.6 Å². The lowest BCUT2D eigenvalue weighted by molar-refractivity contribution is -0.176. The van der Waals surface area contributed by atoms with E-state index in [-0.39, 0.29) is 46.5 Å².